The van der Waals surface area contributed by atoms with E-state index in [-0.39, 0.29) is 12.8 Å². The van der Waals surface area contributed by atoms with Gasteiger partial charge in [-0.15, -0.1) is 0 Å². The molecule has 16 heteroatoms. The molecule has 3 heterocycles. The summed E-state index contributed by atoms with van der Waals surface area (Å²) in [6, 6.07) is 8.56. The largest absolute Gasteiger partial charge is 0.469 e. The van der Waals surface area contributed by atoms with Crippen LogP contribution in [0.4, 0.5) is 5.69 Å². The molecule has 38 heavy (non-hydrogen) atoms. The van der Waals surface area contributed by atoms with Crippen LogP contribution in [0.5, 0.6) is 0 Å². The molecule has 0 spiro atoms. The number of para-hydroxylation sites is 1. The van der Waals surface area contributed by atoms with E-state index in [1.54, 1.807) is 30.3 Å². The van der Waals surface area contributed by atoms with Crippen molar-refractivity contribution in [2.24, 2.45) is 16.4 Å². The average molecular weight is 626 g/mol. The first kappa shape index (κ1) is 30.5. The number of hydrogen-bond acceptors (Lipinski definition) is 14. The lowest BCUT2D eigenvalue weighted by atomic mass is 9.78. The number of thiol groups is 1. The van der Waals surface area contributed by atoms with Gasteiger partial charge >= 0.3 is 11.9 Å². The molecule has 0 aromatic heterocycles. The highest BCUT2D eigenvalue weighted by Gasteiger charge is 2.71. The van der Waals surface area contributed by atoms with Crippen LogP contribution in [0.1, 0.15) is 21.6 Å². The molecule has 11 nitrogen and oxygen atoms in total. The van der Waals surface area contributed by atoms with E-state index in [4.69, 9.17) is 17.1 Å². The highest BCUT2D eigenvalue weighted by Crippen LogP contribution is 2.51. The highest BCUT2D eigenvalue weighted by molar-refractivity contribution is 8.07. The van der Waals surface area contributed by atoms with E-state index in [1.165, 1.54) is 14.5 Å². The first-order valence-electron chi connectivity index (χ1n) is 12.1. The molecule has 3 fully saturated rings. The van der Waals surface area contributed by atoms with E-state index in [9.17, 15) is 19.2 Å². The lowest BCUT2D eigenvalue weighted by Crippen LogP contribution is -2.50. The van der Waals surface area contributed by atoms with Crippen LogP contribution in [0.2, 0.25) is 1.41 Å². The second-order valence-electron chi connectivity index (χ2n) is 7.89. The summed E-state index contributed by atoms with van der Waals surface area (Å²) in [6.45, 7) is 1.86. The van der Waals surface area contributed by atoms with Crippen LogP contribution in [0.15, 0.2) is 34.9 Å². The molecule has 208 valence electrons. The van der Waals surface area contributed by atoms with Crippen molar-refractivity contribution < 1.29 is 41.0 Å². The maximum absolute atomic E-state index is 13.1. The molecule has 7 unspecified atom stereocenters. The normalized spacial score (nSPS) is 27.1. The third-order valence-corrected chi connectivity index (χ3v) is 7.06. The number of benzene rings is 1. The number of amides is 2. The summed E-state index contributed by atoms with van der Waals surface area (Å²) in [5, 5.41) is 0. The summed E-state index contributed by atoms with van der Waals surface area (Å²) in [6.07, 6.45) is -0.433. The van der Waals surface area contributed by atoms with Crippen molar-refractivity contribution in [1.29, 1.82) is 0 Å². The average Bonchev–Trinajstić information content (AvgIpc) is 3.59. The molecule has 1 aromatic carbocycles. The van der Waals surface area contributed by atoms with Gasteiger partial charge in [-0.2, -0.15) is 0 Å². The Hall–Kier alpha value is -2.00. The third-order valence-electron chi connectivity index (χ3n) is 5.75. The zero-order valence-electron chi connectivity index (χ0n) is 22.7. The Balaban J connectivity index is 0.000000700. The van der Waals surface area contributed by atoms with Crippen LogP contribution in [0.25, 0.3) is 0 Å². The predicted octanol–water partition coefficient (Wildman–Crippen LogP) is 1.98. The van der Waals surface area contributed by atoms with Gasteiger partial charge in [0.25, 0.3) is 0 Å². The number of rotatable bonds is 8. The first-order valence-corrected chi connectivity index (χ1v) is 14.7. The number of ether oxygens (including phenoxy) is 3. The molecule has 1 N–H and O–H groups in total. The zero-order valence-corrected chi connectivity index (χ0v) is 24.9. The SMILES string of the molecule is COC(=O)CCC(=O)OC1C(ON=S)C2OC1C1C(=O)N(c3ccccc3)C(=O)C21.S=S.[2H]N(S)[P+](=C)C.[3H]C. The van der Waals surface area contributed by atoms with E-state index in [0.717, 1.165) is 9.39 Å². The highest BCUT2D eigenvalue weighted by atomic mass is 32.8. The van der Waals surface area contributed by atoms with Crippen molar-refractivity contribution in [2.45, 2.75) is 44.7 Å². The molecule has 3 saturated heterocycles. The van der Waals surface area contributed by atoms with Crippen molar-refractivity contribution >= 4 is 91.1 Å². The van der Waals surface area contributed by atoms with Crippen LogP contribution in [0.3, 0.4) is 0 Å². The molecule has 0 radical (unpaired) electrons. The summed E-state index contributed by atoms with van der Waals surface area (Å²) in [7, 11) is 1.92. The number of imide groups is 1. The second-order valence-corrected chi connectivity index (χ2v) is 10.1. The van der Waals surface area contributed by atoms with Crippen LogP contribution >= 0.6 is 20.5 Å². The molecule has 0 saturated carbocycles. The van der Waals surface area contributed by atoms with Crippen molar-refractivity contribution in [2.75, 3.05) is 18.7 Å². The van der Waals surface area contributed by atoms with Gasteiger partial charge in [0, 0.05) is 23.7 Å². The van der Waals surface area contributed by atoms with Gasteiger partial charge in [-0.3, -0.25) is 19.2 Å². The summed E-state index contributed by atoms with van der Waals surface area (Å²) < 4.78 is 32.5. The van der Waals surface area contributed by atoms with E-state index >= 15 is 0 Å². The van der Waals surface area contributed by atoms with Gasteiger partial charge in [-0.1, -0.05) is 42.9 Å². The third kappa shape index (κ3) is 7.56. The topological polar surface area (TPSA) is 133 Å². The Bertz CT molecular complexity index is 1080. The van der Waals surface area contributed by atoms with E-state index in [1.807, 2.05) is 6.66 Å². The number of nitrogens with zero attached hydrogens (tertiary/aromatic N) is 2. The second kappa shape index (κ2) is 16.2. The summed E-state index contributed by atoms with van der Waals surface area (Å²) in [5.74, 6) is -3.67. The van der Waals surface area contributed by atoms with Gasteiger partial charge in [-0.25, -0.2) is 4.90 Å². The van der Waals surface area contributed by atoms with Crippen molar-refractivity contribution in [3.05, 3.63) is 30.3 Å². The smallest absolute Gasteiger partial charge is 0.306 e. The molecule has 2 bridgehead atoms. The number of hydrogen-bond donors (Lipinski definition) is 2. The van der Waals surface area contributed by atoms with Gasteiger partial charge in [-0.05, 0) is 16.7 Å². The summed E-state index contributed by atoms with van der Waals surface area (Å²) in [4.78, 5) is 55.9. The van der Waals surface area contributed by atoms with E-state index in [2.05, 4.69) is 63.2 Å². The molecular formula is C22H29N3O8PS4+. The zero-order chi connectivity index (χ0) is 30.6. The molecule has 0 aliphatic carbocycles. The van der Waals surface area contributed by atoms with E-state index in [0.29, 0.717) is 5.69 Å². The molecular weight excluding hydrogens is 593 g/mol. The Morgan fingerprint density at radius 3 is 2.18 bits per heavy atom. The number of fused-ring (bicyclic) bond motifs is 5. The molecule has 4 rings (SSSR count). The fraction of sp³-hybridized carbons (Fsp3) is 0.500. The fourth-order valence-electron chi connectivity index (χ4n) is 4.34. The number of methoxy groups -OCH3 is 1. The van der Waals surface area contributed by atoms with Gasteiger partial charge in [0.05, 0.1) is 56.2 Å². The molecule has 3 aliphatic heterocycles. The van der Waals surface area contributed by atoms with Gasteiger partial charge in [0.1, 0.15) is 18.9 Å². The standard InChI is InChI=1S/C19H18N2O8S.C2H7NPS.CH4.S2/c1-26-10(22)7-8-11(23)27-16-14-12-13(15(28-14)17(16)29-20-30)19(25)21(18(12)24)9-5-3-2-4-6-9;1-4(2)3-5;;1-2/h2-6,12-17H,7-8H2,1H3;3,5H,1H2,2H3;1H4;/q;+1;;/i;;1T;/hD. The van der Waals surface area contributed by atoms with Gasteiger partial charge in [0.15, 0.2) is 21.3 Å². The lowest BCUT2D eigenvalue weighted by Gasteiger charge is -2.30. The summed E-state index contributed by atoms with van der Waals surface area (Å²) >= 11 is 15.5. The number of nitrogens with one attached hydrogen (secondary N) is 1. The molecule has 7 atom stereocenters. The van der Waals surface area contributed by atoms with Gasteiger partial charge in [0.2, 0.25) is 11.8 Å². The van der Waals surface area contributed by atoms with Crippen LogP contribution in [0, 0.1) is 11.8 Å². The minimum atomic E-state index is -0.986. The molecule has 3 aliphatic rings. The Labute approximate surface area is 245 Å². The number of anilines is 1. The minimum absolute atomic E-state index is 0.154. The lowest BCUT2D eigenvalue weighted by molar-refractivity contribution is -0.164. The van der Waals surface area contributed by atoms with Crippen LogP contribution < -0.4 is 9.39 Å². The maximum atomic E-state index is 13.1. The maximum Gasteiger partial charge on any atom is 0.306 e. The van der Waals surface area contributed by atoms with Crippen molar-refractivity contribution in [1.82, 2.24) is 4.49 Å². The number of carbonyl (C=O) groups is 4. The summed E-state index contributed by atoms with van der Waals surface area (Å²) in [5.41, 5.74) is 0.457. The monoisotopic (exact) mass is 625 g/mol. The fourth-order valence-corrected chi connectivity index (χ4v) is 4.44. The van der Waals surface area contributed by atoms with Crippen molar-refractivity contribution in [3.63, 3.8) is 0 Å². The molecule has 1 aromatic rings. The Kier molecular flexibility index (Phi) is 13.0. The first-order chi connectivity index (χ1) is 19.1. The quantitative estimate of drug-likeness (QED) is 0.144. The van der Waals surface area contributed by atoms with E-state index < -0.39 is 67.7 Å². The number of carbonyl (C=O) groups excluding carboxylic acids is 4. The molecule has 2 amide bonds. The Morgan fingerprint density at radius 2 is 1.71 bits per heavy atom. The van der Waals surface area contributed by atoms with Crippen molar-refractivity contribution in [3.8, 4) is 0 Å². The predicted molar refractivity (Wildman–Crippen MR) is 154 cm³/mol. The Morgan fingerprint density at radius 1 is 1.21 bits per heavy atom. The minimum Gasteiger partial charge on any atom is -0.469 e. The van der Waals surface area contributed by atoms with Crippen LogP contribution in [-0.4, -0.2) is 68.2 Å². The van der Waals surface area contributed by atoms with Gasteiger partial charge < -0.3 is 19.0 Å². The number of esters is 2. The van der Waals surface area contributed by atoms with Crippen LogP contribution in [-0.2, 0) is 73.0 Å².